The van der Waals surface area contributed by atoms with Crippen LogP contribution < -0.4 is 15.5 Å². The van der Waals surface area contributed by atoms with Gasteiger partial charge in [0.1, 0.15) is 11.6 Å². The predicted molar refractivity (Wildman–Crippen MR) is 137 cm³/mol. The lowest BCUT2D eigenvalue weighted by Gasteiger charge is -2.28. The van der Waals surface area contributed by atoms with Crippen molar-refractivity contribution in [3.63, 3.8) is 0 Å². The van der Waals surface area contributed by atoms with Crippen LogP contribution in [0.15, 0.2) is 42.0 Å². The van der Waals surface area contributed by atoms with Gasteiger partial charge in [-0.25, -0.2) is 9.78 Å². The lowest BCUT2D eigenvalue weighted by Crippen LogP contribution is -2.36. The van der Waals surface area contributed by atoms with Gasteiger partial charge in [-0.2, -0.15) is 13.2 Å². The molecule has 200 valence electrons. The topological polar surface area (TPSA) is 90.0 Å². The van der Waals surface area contributed by atoms with Crippen molar-refractivity contribution in [1.29, 1.82) is 0 Å². The molecular formula is C26H32F3N5O3. The van der Waals surface area contributed by atoms with Gasteiger partial charge < -0.3 is 30.3 Å². The van der Waals surface area contributed by atoms with Crippen molar-refractivity contribution in [2.24, 2.45) is 0 Å². The number of urea groups is 1. The second-order valence-electron chi connectivity index (χ2n) is 9.42. The molecule has 37 heavy (non-hydrogen) atoms. The molecule has 1 fully saturated rings. The first-order valence-corrected chi connectivity index (χ1v) is 12.3. The maximum absolute atomic E-state index is 12.8. The third kappa shape index (κ3) is 7.36. The predicted octanol–water partition coefficient (Wildman–Crippen LogP) is 4.41. The number of hydrogen-bond acceptors (Lipinski definition) is 6. The highest BCUT2D eigenvalue weighted by Gasteiger charge is 2.32. The molecule has 11 heteroatoms. The van der Waals surface area contributed by atoms with Crippen LogP contribution in [0.2, 0.25) is 0 Å². The van der Waals surface area contributed by atoms with E-state index in [1.807, 2.05) is 31.2 Å². The second kappa shape index (κ2) is 11.4. The van der Waals surface area contributed by atoms with Gasteiger partial charge in [0.15, 0.2) is 0 Å². The number of nitrogens with zero attached hydrogens (tertiary/aromatic N) is 3. The number of amides is 2. The Bertz CT molecular complexity index is 1150. The fraction of sp³-hybridized carbons (Fsp3) is 0.462. The number of rotatable bonds is 7. The van der Waals surface area contributed by atoms with Crippen molar-refractivity contribution in [2.45, 2.75) is 32.5 Å². The fourth-order valence-corrected chi connectivity index (χ4v) is 4.34. The molecule has 4 rings (SSSR count). The number of halogens is 3. The molecule has 1 aromatic carbocycles. The Kier molecular flexibility index (Phi) is 8.23. The molecule has 8 nitrogen and oxygen atoms in total. The normalized spacial score (nSPS) is 17.0. The standard InChI is InChI=1S/C26H32F3N5O3/c1-17-3-4-21(31-25(36)34-6-5-19(16-34)14-26(27,28)29)13-22(17)20-11-23(30-15-18(2)35)32-24(12-20)33-7-9-37-10-8-33/h3-5,11-13,18,35H,6-10,14-16H2,1-2H3,(H,30,32)(H,31,36)/t18-/m1/s1. The molecule has 0 aliphatic carbocycles. The van der Waals surface area contributed by atoms with Gasteiger partial charge in [-0.3, -0.25) is 0 Å². The first-order chi connectivity index (χ1) is 17.6. The molecule has 0 spiro atoms. The van der Waals surface area contributed by atoms with Crippen molar-refractivity contribution >= 4 is 23.4 Å². The molecule has 3 heterocycles. The molecule has 2 aliphatic rings. The van der Waals surface area contributed by atoms with Crippen LogP contribution in [0.4, 0.5) is 35.3 Å². The molecule has 0 unspecified atom stereocenters. The number of carbonyl (C=O) groups excluding carboxylic acids is 1. The lowest BCUT2D eigenvalue weighted by atomic mass is 10.00. The first-order valence-electron chi connectivity index (χ1n) is 12.3. The summed E-state index contributed by atoms with van der Waals surface area (Å²) >= 11 is 0. The largest absolute Gasteiger partial charge is 0.392 e. The zero-order valence-corrected chi connectivity index (χ0v) is 20.9. The van der Waals surface area contributed by atoms with E-state index in [0.717, 1.165) is 22.5 Å². The van der Waals surface area contributed by atoms with E-state index in [4.69, 9.17) is 9.72 Å². The molecular weight excluding hydrogens is 487 g/mol. The highest BCUT2D eigenvalue weighted by atomic mass is 19.4. The third-order valence-corrected chi connectivity index (χ3v) is 6.23. The molecule has 1 saturated heterocycles. The molecule has 1 aromatic heterocycles. The SMILES string of the molecule is Cc1ccc(NC(=O)N2CC=C(CC(F)(F)F)C2)cc1-c1cc(NC[C@@H](C)O)nc(N2CCOCC2)c1. The number of carbonyl (C=O) groups is 1. The summed E-state index contributed by atoms with van der Waals surface area (Å²) in [6.45, 7) is 6.73. The van der Waals surface area contributed by atoms with Crippen LogP contribution in [-0.2, 0) is 4.74 Å². The second-order valence-corrected chi connectivity index (χ2v) is 9.42. The van der Waals surface area contributed by atoms with Gasteiger partial charge in [-0.15, -0.1) is 0 Å². The summed E-state index contributed by atoms with van der Waals surface area (Å²) in [5, 5.41) is 15.7. The molecule has 2 aromatic rings. The summed E-state index contributed by atoms with van der Waals surface area (Å²) in [6.07, 6.45) is -4.39. The molecule has 3 N–H and O–H groups in total. The van der Waals surface area contributed by atoms with Crippen molar-refractivity contribution < 1.29 is 27.8 Å². The van der Waals surface area contributed by atoms with Crippen molar-refractivity contribution in [2.75, 3.05) is 61.5 Å². The highest BCUT2D eigenvalue weighted by molar-refractivity contribution is 5.91. The molecule has 1 atom stereocenters. The Morgan fingerprint density at radius 2 is 1.97 bits per heavy atom. The summed E-state index contributed by atoms with van der Waals surface area (Å²) in [6, 6.07) is 8.94. The van der Waals surface area contributed by atoms with Gasteiger partial charge in [0.2, 0.25) is 0 Å². The number of alkyl halides is 3. The monoisotopic (exact) mass is 519 g/mol. The van der Waals surface area contributed by atoms with E-state index in [1.54, 1.807) is 13.0 Å². The molecule has 0 bridgehead atoms. The maximum Gasteiger partial charge on any atom is 0.392 e. The van der Waals surface area contributed by atoms with E-state index >= 15 is 0 Å². The third-order valence-electron chi connectivity index (χ3n) is 6.23. The van der Waals surface area contributed by atoms with Crippen LogP contribution in [0.25, 0.3) is 11.1 Å². The smallest absolute Gasteiger partial charge is 0.392 e. The number of nitrogens with one attached hydrogen (secondary N) is 2. The van der Waals surface area contributed by atoms with Gasteiger partial charge in [0.25, 0.3) is 0 Å². The van der Waals surface area contributed by atoms with E-state index < -0.39 is 24.7 Å². The summed E-state index contributed by atoms with van der Waals surface area (Å²) < 4.78 is 43.6. The van der Waals surface area contributed by atoms with Gasteiger partial charge >= 0.3 is 12.2 Å². The van der Waals surface area contributed by atoms with Crippen molar-refractivity contribution in [3.8, 4) is 11.1 Å². The minimum absolute atomic E-state index is 0.0460. The molecule has 0 radical (unpaired) electrons. The van der Waals surface area contributed by atoms with E-state index in [-0.39, 0.29) is 18.7 Å². The number of ether oxygens (including phenoxy) is 1. The number of aromatic nitrogens is 1. The zero-order chi connectivity index (χ0) is 26.6. The van der Waals surface area contributed by atoms with Crippen LogP contribution in [-0.4, -0.2) is 79.2 Å². The van der Waals surface area contributed by atoms with E-state index in [1.165, 1.54) is 11.0 Å². The van der Waals surface area contributed by atoms with Gasteiger partial charge in [-0.05, 0) is 60.4 Å². The number of benzene rings is 1. The van der Waals surface area contributed by atoms with Gasteiger partial charge in [-0.1, -0.05) is 12.1 Å². The van der Waals surface area contributed by atoms with Crippen molar-refractivity contribution in [3.05, 3.63) is 47.5 Å². The van der Waals surface area contributed by atoms with Crippen LogP contribution in [0.5, 0.6) is 0 Å². The van der Waals surface area contributed by atoms with E-state index in [9.17, 15) is 23.1 Å². The minimum atomic E-state index is -4.29. The van der Waals surface area contributed by atoms with Crippen molar-refractivity contribution in [1.82, 2.24) is 9.88 Å². The summed E-state index contributed by atoms with van der Waals surface area (Å²) in [7, 11) is 0. The minimum Gasteiger partial charge on any atom is -0.392 e. The van der Waals surface area contributed by atoms with E-state index in [0.29, 0.717) is 44.4 Å². The number of hydrogen-bond donors (Lipinski definition) is 3. The number of anilines is 3. The Morgan fingerprint density at radius 3 is 2.68 bits per heavy atom. The lowest BCUT2D eigenvalue weighted by molar-refractivity contribution is -0.127. The fourth-order valence-electron chi connectivity index (χ4n) is 4.34. The molecule has 2 aliphatic heterocycles. The maximum atomic E-state index is 12.8. The van der Waals surface area contributed by atoms with Crippen LogP contribution in [0, 0.1) is 6.92 Å². The number of aryl methyl sites for hydroxylation is 1. The number of aliphatic hydroxyl groups excluding tert-OH is 1. The Balaban J connectivity index is 1.54. The van der Waals surface area contributed by atoms with Crippen LogP contribution >= 0.6 is 0 Å². The number of morpholine rings is 1. The Morgan fingerprint density at radius 1 is 1.22 bits per heavy atom. The number of pyridine rings is 1. The van der Waals surface area contributed by atoms with Crippen LogP contribution in [0.1, 0.15) is 18.9 Å². The summed E-state index contributed by atoms with van der Waals surface area (Å²) in [5.74, 6) is 1.40. The van der Waals surface area contributed by atoms with Gasteiger partial charge in [0, 0.05) is 38.4 Å². The highest BCUT2D eigenvalue weighted by Crippen LogP contribution is 2.32. The molecule has 0 saturated carbocycles. The van der Waals surface area contributed by atoms with Crippen LogP contribution in [0.3, 0.4) is 0 Å². The van der Waals surface area contributed by atoms with E-state index in [2.05, 4.69) is 15.5 Å². The Labute approximate surface area is 214 Å². The average molecular weight is 520 g/mol. The first kappa shape index (κ1) is 26.7. The quantitative estimate of drug-likeness (QED) is 0.470. The average Bonchev–Trinajstić information content (AvgIpc) is 3.31. The Hall–Kier alpha value is -3.31. The summed E-state index contributed by atoms with van der Waals surface area (Å²) in [4.78, 5) is 21.0. The molecule has 2 amide bonds. The summed E-state index contributed by atoms with van der Waals surface area (Å²) in [5.41, 5.74) is 3.48. The zero-order valence-electron chi connectivity index (χ0n) is 20.9. The number of aliphatic hydroxyl groups is 1. The van der Waals surface area contributed by atoms with Gasteiger partial charge in [0.05, 0.1) is 25.7 Å².